The van der Waals surface area contributed by atoms with Crippen molar-refractivity contribution in [2.24, 2.45) is 5.41 Å². The van der Waals surface area contributed by atoms with E-state index in [0.717, 1.165) is 0 Å². The molecule has 0 atom stereocenters. The number of rotatable bonds is 4. The summed E-state index contributed by atoms with van der Waals surface area (Å²) in [5.74, 6) is -0.419. The molecule has 1 aromatic carbocycles. The van der Waals surface area contributed by atoms with Crippen LogP contribution in [0.5, 0.6) is 0 Å². The highest BCUT2D eigenvalue weighted by atomic mass is 19.1. The molecule has 1 rings (SSSR count). The fourth-order valence-electron chi connectivity index (χ4n) is 1.54. The van der Waals surface area contributed by atoms with Gasteiger partial charge in [-0.05, 0) is 19.2 Å². The molecule has 0 saturated carbocycles. The van der Waals surface area contributed by atoms with Gasteiger partial charge in [-0.15, -0.1) is 0 Å². The lowest BCUT2D eigenvalue weighted by molar-refractivity contribution is 0.0838. The Bertz CT molecular complexity index is 360. The number of hydrogen-bond acceptors (Lipinski definition) is 2. The van der Waals surface area contributed by atoms with Gasteiger partial charge in [-0.25, -0.2) is 4.39 Å². The summed E-state index contributed by atoms with van der Waals surface area (Å²) in [6.07, 6.45) is 0. The zero-order valence-corrected chi connectivity index (χ0v) is 9.30. The summed E-state index contributed by atoms with van der Waals surface area (Å²) >= 11 is 0. The third-order valence-electron chi connectivity index (χ3n) is 2.32. The van der Waals surface area contributed by atoms with Gasteiger partial charge in [0.05, 0.1) is 0 Å². The van der Waals surface area contributed by atoms with Gasteiger partial charge in [0.25, 0.3) is 0 Å². The number of benzene rings is 1. The van der Waals surface area contributed by atoms with E-state index >= 15 is 0 Å². The molecule has 0 aromatic heterocycles. The van der Waals surface area contributed by atoms with Gasteiger partial charge < -0.3 is 5.32 Å². The highest BCUT2D eigenvalue weighted by molar-refractivity contribution is 6.00. The van der Waals surface area contributed by atoms with Crippen molar-refractivity contribution >= 4 is 5.78 Å². The maximum Gasteiger partial charge on any atom is 0.169 e. The van der Waals surface area contributed by atoms with Crippen LogP contribution in [0.2, 0.25) is 0 Å². The Kier molecular flexibility index (Phi) is 3.58. The van der Waals surface area contributed by atoms with Crippen LogP contribution in [0, 0.1) is 11.2 Å². The molecule has 2 nitrogen and oxygen atoms in total. The molecule has 1 aromatic rings. The highest BCUT2D eigenvalue weighted by Gasteiger charge is 2.27. The van der Waals surface area contributed by atoms with E-state index in [4.69, 9.17) is 0 Å². The van der Waals surface area contributed by atoms with E-state index in [1.807, 2.05) is 13.8 Å². The SMILES string of the molecule is CNCC(C)(C)C(=O)c1cccc(F)c1. The number of nitrogens with one attached hydrogen (secondary N) is 1. The smallest absolute Gasteiger partial charge is 0.169 e. The van der Waals surface area contributed by atoms with E-state index < -0.39 is 5.41 Å². The molecule has 0 aliphatic carbocycles. The van der Waals surface area contributed by atoms with Crippen molar-refractivity contribution in [1.82, 2.24) is 5.32 Å². The molecule has 0 radical (unpaired) electrons. The Balaban J connectivity index is 2.94. The Labute approximate surface area is 89.5 Å². The largest absolute Gasteiger partial charge is 0.319 e. The summed E-state index contributed by atoms with van der Waals surface area (Å²) in [5.41, 5.74) is -0.0852. The van der Waals surface area contributed by atoms with Gasteiger partial charge >= 0.3 is 0 Å². The topological polar surface area (TPSA) is 29.1 Å². The van der Waals surface area contributed by atoms with Crippen LogP contribution in [-0.4, -0.2) is 19.4 Å². The second kappa shape index (κ2) is 4.53. The predicted octanol–water partition coefficient (Wildman–Crippen LogP) is 2.25. The standard InChI is InChI=1S/C12H16FNO/c1-12(2,8-14-3)11(15)9-5-4-6-10(13)7-9/h4-7,14H,8H2,1-3H3. The molecule has 3 heteroatoms. The molecule has 0 fully saturated rings. The van der Waals surface area contributed by atoms with Crippen LogP contribution in [-0.2, 0) is 0 Å². The first kappa shape index (κ1) is 11.9. The van der Waals surface area contributed by atoms with E-state index in [0.29, 0.717) is 12.1 Å². The van der Waals surface area contributed by atoms with Crippen molar-refractivity contribution in [2.45, 2.75) is 13.8 Å². The number of carbonyl (C=O) groups excluding carboxylic acids is 1. The minimum atomic E-state index is -0.511. The Morgan fingerprint density at radius 3 is 2.67 bits per heavy atom. The summed E-state index contributed by atoms with van der Waals surface area (Å²) < 4.78 is 12.9. The molecule has 0 aliphatic heterocycles. The number of hydrogen-bond donors (Lipinski definition) is 1. The Morgan fingerprint density at radius 1 is 1.47 bits per heavy atom. The van der Waals surface area contributed by atoms with E-state index in [1.54, 1.807) is 19.2 Å². The monoisotopic (exact) mass is 209 g/mol. The zero-order chi connectivity index (χ0) is 11.5. The van der Waals surface area contributed by atoms with Crippen molar-refractivity contribution in [3.8, 4) is 0 Å². The van der Waals surface area contributed by atoms with Crippen molar-refractivity contribution in [1.29, 1.82) is 0 Å². The van der Waals surface area contributed by atoms with Crippen molar-refractivity contribution in [3.63, 3.8) is 0 Å². The van der Waals surface area contributed by atoms with E-state index in [1.165, 1.54) is 12.1 Å². The van der Waals surface area contributed by atoms with E-state index in [2.05, 4.69) is 5.32 Å². The first-order chi connectivity index (χ1) is 6.97. The average Bonchev–Trinajstić information content (AvgIpc) is 2.16. The molecular weight excluding hydrogens is 193 g/mol. The van der Waals surface area contributed by atoms with Crippen LogP contribution in [0.1, 0.15) is 24.2 Å². The Morgan fingerprint density at radius 2 is 2.13 bits per heavy atom. The minimum absolute atomic E-state index is 0.0450. The summed E-state index contributed by atoms with van der Waals surface area (Å²) in [6.45, 7) is 4.26. The van der Waals surface area contributed by atoms with Gasteiger partial charge in [0.1, 0.15) is 5.82 Å². The lowest BCUT2D eigenvalue weighted by atomic mass is 9.84. The molecule has 1 N–H and O–H groups in total. The number of Topliss-reactive ketones (excluding diaryl/α,β-unsaturated/α-hetero) is 1. The normalized spacial score (nSPS) is 11.5. The molecule has 0 unspecified atom stereocenters. The fourth-order valence-corrected chi connectivity index (χ4v) is 1.54. The summed E-state index contributed by atoms with van der Waals surface area (Å²) in [6, 6.07) is 5.81. The van der Waals surface area contributed by atoms with E-state index in [-0.39, 0.29) is 11.6 Å². The molecule has 0 amide bonds. The van der Waals surface area contributed by atoms with E-state index in [9.17, 15) is 9.18 Å². The second-order valence-corrected chi connectivity index (χ2v) is 4.25. The maximum absolute atomic E-state index is 12.9. The number of halogens is 1. The maximum atomic E-state index is 12.9. The third-order valence-corrected chi connectivity index (χ3v) is 2.32. The molecule has 82 valence electrons. The minimum Gasteiger partial charge on any atom is -0.319 e. The van der Waals surface area contributed by atoms with Crippen molar-refractivity contribution in [2.75, 3.05) is 13.6 Å². The molecule has 0 aliphatic rings. The van der Waals surface area contributed by atoms with Gasteiger partial charge in [-0.2, -0.15) is 0 Å². The first-order valence-electron chi connectivity index (χ1n) is 4.92. The second-order valence-electron chi connectivity index (χ2n) is 4.25. The highest BCUT2D eigenvalue weighted by Crippen LogP contribution is 2.21. The first-order valence-corrected chi connectivity index (χ1v) is 4.92. The van der Waals surface area contributed by atoms with Crippen molar-refractivity contribution in [3.05, 3.63) is 35.6 Å². The van der Waals surface area contributed by atoms with Crippen LogP contribution in [0.4, 0.5) is 4.39 Å². The van der Waals surface area contributed by atoms with Gasteiger partial charge in [-0.3, -0.25) is 4.79 Å². The molecule has 15 heavy (non-hydrogen) atoms. The van der Waals surface area contributed by atoms with Crippen LogP contribution in [0.3, 0.4) is 0 Å². The summed E-state index contributed by atoms with van der Waals surface area (Å²) in [4.78, 5) is 12.0. The quantitative estimate of drug-likeness (QED) is 0.771. The zero-order valence-electron chi connectivity index (χ0n) is 9.30. The van der Waals surface area contributed by atoms with Crippen LogP contribution < -0.4 is 5.32 Å². The van der Waals surface area contributed by atoms with Gasteiger partial charge in [-0.1, -0.05) is 26.0 Å². The third kappa shape index (κ3) is 2.86. The molecule has 0 heterocycles. The number of ketones is 1. The van der Waals surface area contributed by atoms with Crippen molar-refractivity contribution < 1.29 is 9.18 Å². The summed E-state index contributed by atoms with van der Waals surface area (Å²) in [7, 11) is 1.79. The predicted molar refractivity (Wildman–Crippen MR) is 58.4 cm³/mol. The van der Waals surface area contributed by atoms with Gasteiger partial charge in [0.2, 0.25) is 0 Å². The molecule has 0 spiro atoms. The number of carbonyl (C=O) groups is 1. The van der Waals surface area contributed by atoms with Crippen LogP contribution >= 0.6 is 0 Å². The van der Waals surface area contributed by atoms with Crippen LogP contribution in [0.25, 0.3) is 0 Å². The van der Waals surface area contributed by atoms with Gasteiger partial charge in [0, 0.05) is 17.5 Å². The lowest BCUT2D eigenvalue weighted by Crippen LogP contribution is -2.34. The van der Waals surface area contributed by atoms with Crippen LogP contribution in [0.15, 0.2) is 24.3 Å². The van der Waals surface area contributed by atoms with Gasteiger partial charge in [0.15, 0.2) is 5.78 Å². The average molecular weight is 209 g/mol. The lowest BCUT2D eigenvalue weighted by Gasteiger charge is -2.22. The molecular formula is C12H16FNO. The fraction of sp³-hybridized carbons (Fsp3) is 0.417. The summed E-state index contributed by atoms with van der Waals surface area (Å²) in [5, 5.41) is 2.96. The molecule has 0 saturated heterocycles. The Hall–Kier alpha value is -1.22. The molecule has 0 bridgehead atoms.